The summed E-state index contributed by atoms with van der Waals surface area (Å²) in [4.78, 5) is 7.26. The van der Waals surface area contributed by atoms with Crippen LogP contribution >= 0.6 is 0 Å². The second kappa shape index (κ2) is 4.62. The van der Waals surface area contributed by atoms with Crippen LogP contribution in [0.1, 0.15) is 11.4 Å². The van der Waals surface area contributed by atoms with Gasteiger partial charge in [-0.15, -0.1) is 5.10 Å². The van der Waals surface area contributed by atoms with Crippen LogP contribution in [0.3, 0.4) is 0 Å². The number of amidine groups is 2. The van der Waals surface area contributed by atoms with Crippen LogP contribution in [0.5, 0.6) is 0 Å². The molecule has 0 unspecified atom stereocenters. The monoisotopic (exact) mass is 239 g/mol. The van der Waals surface area contributed by atoms with Crippen LogP contribution in [0, 0.1) is 0 Å². The minimum absolute atomic E-state index is 0.593. The highest BCUT2D eigenvalue weighted by atomic mass is 15.5. The van der Waals surface area contributed by atoms with Crippen LogP contribution in [0.2, 0.25) is 0 Å². The minimum Gasteiger partial charge on any atom is -0.256 e. The highest BCUT2D eigenvalue weighted by Crippen LogP contribution is 1.99. The summed E-state index contributed by atoms with van der Waals surface area (Å²) in [5.74, 6) is 1.23. The first-order valence-corrected chi connectivity index (χ1v) is 5.49. The molecule has 3 N–H and O–H groups in total. The van der Waals surface area contributed by atoms with Gasteiger partial charge in [-0.2, -0.15) is 5.10 Å². The number of pyridine rings is 2. The second-order valence-electron chi connectivity index (χ2n) is 3.64. The minimum atomic E-state index is 0.593. The molecule has 0 aromatic carbocycles. The molecule has 0 aliphatic carbocycles. The van der Waals surface area contributed by atoms with Gasteiger partial charge in [-0.3, -0.25) is 15.8 Å². The average Bonchev–Trinajstić information content (AvgIpc) is 2.49. The van der Waals surface area contributed by atoms with Crippen LogP contribution in [-0.4, -0.2) is 16.7 Å². The quantitative estimate of drug-likeness (QED) is 0.781. The van der Waals surface area contributed by atoms with Gasteiger partial charge in [0.25, 0.3) is 0 Å². The third-order valence-electron chi connectivity index (χ3n) is 2.42. The van der Waals surface area contributed by atoms with E-state index in [-0.39, 0.29) is 0 Å². The van der Waals surface area contributed by atoms with E-state index in [1.165, 1.54) is 0 Å². The lowest BCUT2D eigenvalue weighted by atomic mass is 10.3. The normalized spacial score (nSPS) is 14.0. The van der Waals surface area contributed by atoms with Gasteiger partial charge in [0, 0.05) is 18.3 Å². The lowest BCUT2D eigenvalue weighted by Gasteiger charge is -2.11. The number of nitrogens with zero attached hydrogens (tertiary/aromatic N) is 3. The van der Waals surface area contributed by atoms with E-state index in [0.717, 1.165) is 11.4 Å². The van der Waals surface area contributed by atoms with Crippen molar-refractivity contribution in [3.63, 3.8) is 0 Å². The van der Waals surface area contributed by atoms with Crippen LogP contribution < -0.4 is 15.8 Å². The Bertz CT molecular complexity index is 535. The lowest BCUT2D eigenvalue weighted by molar-refractivity contribution is -0.380. The summed E-state index contributed by atoms with van der Waals surface area (Å²) in [6.07, 6.45) is 3.54. The maximum atomic E-state index is 4.21. The van der Waals surface area contributed by atoms with Crippen molar-refractivity contribution in [1.82, 2.24) is 15.8 Å². The molecule has 0 saturated carbocycles. The third kappa shape index (κ3) is 2.03. The molecule has 88 valence electrons. The topological polar surface area (TPSA) is 75.8 Å². The molecule has 0 fully saturated rings. The highest BCUT2D eigenvalue weighted by molar-refractivity contribution is 6.03. The molecule has 2 aromatic rings. The Morgan fingerprint density at radius 2 is 1.72 bits per heavy atom. The van der Waals surface area contributed by atoms with Crippen molar-refractivity contribution >= 4 is 11.7 Å². The average molecular weight is 239 g/mol. The number of H-pyrrole nitrogens is 1. The summed E-state index contributed by atoms with van der Waals surface area (Å²) < 4.78 is 0. The first-order valence-electron chi connectivity index (χ1n) is 5.49. The summed E-state index contributed by atoms with van der Waals surface area (Å²) in [6.45, 7) is 0. The summed E-state index contributed by atoms with van der Waals surface area (Å²) >= 11 is 0. The summed E-state index contributed by atoms with van der Waals surface area (Å²) in [5.41, 5.74) is 7.36. The molecule has 0 saturated heterocycles. The lowest BCUT2D eigenvalue weighted by Crippen LogP contribution is -2.37. The maximum Gasteiger partial charge on any atom is 0.249 e. The Labute approximate surface area is 103 Å². The van der Waals surface area contributed by atoms with E-state index >= 15 is 0 Å². The van der Waals surface area contributed by atoms with Gasteiger partial charge in [-0.1, -0.05) is 6.07 Å². The molecule has 6 nitrogen and oxygen atoms in total. The van der Waals surface area contributed by atoms with Gasteiger partial charge in [0.15, 0.2) is 12.0 Å². The van der Waals surface area contributed by atoms with Gasteiger partial charge in [0.2, 0.25) is 11.5 Å². The van der Waals surface area contributed by atoms with Crippen LogP contribution in [0.15, 0.2) is 59.0 Å². The van der Waals surface area contributed by atoms with Gasteiger partial charge >= 0.3 is 0 Å². The van der Waals surface area contributed by atoms with Gasteiger partial charge < -0.3 is 0 Å². The van der Waals surface area contributed by atoms with E-state index in [2.05, 4.69) is 31.0 Å². The van der Waals surface area contributed by atoms with Crippen LogP contribution in [0.25, 0.3) is 0 Å². The first-order chi connectivity index (χ1) is 8.93. The number of hydrazone groups is 2. The van der Waals surface area contributed by atoms with Gasteiger partial charge in [-0.05, 0) is 18.2 Å². The number of aromatic amines is 1. The van der Waals surface area contributed by atoms with Crippen molar-refractivity contribution < 1.29 is 4.98 Å². The third-order valence-corrected chi connectivity index (χ3v) is 2.42. The molecular weight excluding hydrogens is 228 g/mol. The van der Waals surface area contributed by atoms with Crippen molar-refractivity contribution in [2.24, 2.45) is 10.2 Å². The van der Waals surface area contributed by atoms with E-state index in [0.29, 0.717) is 11.7 Å². The van der Waals surface area contributed by atoms with Gasteiger partial charge in [0.1, 0.15) is 5.69 Å². The van der Waals surface area contributed by atoms with E-state index in [9.17, 15) is 0 Å². The molecular formula is C12H11N6+. The van der Waals surface area contributed by atoms with E-state index < -0.39 is 0 Å². The largest absolute Gasteiger partial charge is 0.256 e. The Morgan fingerprint density at radius 3 is 2.39 bits per heavy atom. The standard InChI is InChI=1S/C12H10N6/c1-3-7-13-9(5-1)11-15-17-12(18-16-11)10-6-2-4-8-14-10/h1-8H,(H,15,16)(H,17,18)/p+1. The zero-order chi connectivity index (χ0) is 12.2. The van der Waals surface area contributed by atoms with Crippen molar-refractivity contribution in [3.8, 4) is 0 Å². The van der Waals surface area contributed by atoms with Crippen molar-refractivity contribution in [1.29, 1.82) is 0 Å². The summed E-state index contributed by atoms with van der Waals surface area (Å²) in [5, 5.41) is 8.41. The predicted octanol–water partition coefficient (Wildman–Crippen LogP) is 0.112. The Balaban J connectivity index is 1.79. The number of nitrogens with one attached hydrogen (secondary N) is 3. The SMILES string of the molecule is c1ccc(C2=NNC(c3cccc[nH+]3)=NN2)nc1. The molecule has 0 atom stereocenters. The smallest absolute Gasteiger partial charge is 0.249 e. The van der Waals surface area contributed by atoms with E-state index in [4.69, 9.17) is 0 Å². The van der Waals surface area contributed by atoms with E-state index in [1.54, 1.807) is 6.20 Å². The molecule has 0 radical (unpaired) electrons. The molecule has 18 heavy (non-hydrogen) atoms. The first kappa shape index (κ1) is 10.4. The molecule has 0 amide bonds. The number of rotatable bonds is 2. The molecule has 6 heteroatoms. The van der Waals surface area contributed by atoms with Crippen molar-refractivity contribution in [2.75, 3.05) is 0 Å². The fourth-order valence-electron chi connectivity index (χ4n) is 1.55. The zero-order valence-electron chi connectivity index (χ0n) is 9.46. The number of hydrogen-bond donors (Lipinski definition) is 2. The molecule has 2 aromatic heterocycles. The fraction of sp³-hybridized carbons (Fsp3) is 0. The van der Waals surface area contributed by atoms with Gasteiger partial charge in [-0.25, -0.2) is 4.98 Å². The molecule has 1 aliphatic rings. The van der Waals surface area contributed by atoms with Gasteiger partial charge in [0.05, 0.1) is 0 Å². The molecule has 1 aliphatic heterocycles. The Hall–Kier alpha value is -2.76. The summed E-state index contributed by atoms with van der Waals surface area (Å²) in [6, 6.07) is 11.4. The van der Waals surface area contributed by atoms with Crippen LogP contribution in [0.4, 0.5) is 0 Å². The highest BCUT2D eigenvalue weighted by Gasteiger charge is 2.15. The molecule has 3 heterocycles. The maximum absolute atomic E-state index is 4.21. The van der Waals surface area contributed by atoms with Crippen molar-refractivity contribution in [3.05, 3.63) is 60.2 Å². The zero-order valence-corrected chi connectivity index (χ0v) is 9.46. The number of hydrogen-bond acceptors (Lipinski definition) is 5. The van der Waals surface area contributed by atoms with Crippen LogP contribution in [-0.2, 0) is 0 Å². The van der Waals surface area contributed by atoms with Crippen molar-refractivity contribution in [2.45, 2.75) is 0 Å². The molecule has 0 spiro atoms. The van der Waals surface area contributed by atoms with E-state index in [1.807, 2.05) is 42.6 Å². The Kier molecular flexibility index (Phi) is 2.67. The second-order valence-corrected chi connectivity index (χ2v) is 3.64. The predicted molar refractivity (Wildman–Crippen MR) is 66.6 cm³/mol. The summed E-state index contributed by atoms with van der Waals surface area (Å²) in [7, 11) is 0. The Morgan fingerprint density at radius 1 is 0.889 bits per heavy atom. The number of aromatic nitrogens is 2. The fourth-order valence-corrected chi connectivity index (χ4v) is 1.55. The molecule has 3 rings (SSSR count). The molecule has 0 bridgehead atoms.